The molecule has 2 rings (SSSR count). The summed E-state index contributed by atoms with van der Waals surface area (Å²) < 4.78 is 4.80. The first-order chi connectivity index (χ1) is 8.61. The number of aromatic nitrogens is 2. The lowest BCUT2D eigenvalue weighted by atomic mass is 10.2. The molecule has 0 spiro atoms. The standard InChI is InChI=1S/C11H9ClIN3OS/c1-2-8-10(18-16-15-8)11(17)14-9-5-6(13)3-4-7(9)12/h3-5H,2H2,1H3,(H,14,17). The van der Waals surface area contributed by atoms with Crippen molar-refractivity contribution in [3.63, 3.8) is 0 Å². The van der Waals surface area contributed by atoms with Crippen LogP contribution in [0.5, 0.6) is 0 Å². The minimum Gasteiger partial charge on any atom is -0.320 e. The van der Waals surface area contributed by atoms with Crippen molar-refractivity contribution in [1.29, 1.82) is 0 Å². The van der Waals surface area contributed by atoms with E-state index in [1.54, 1.807) is 6.07 Å². The van der Waals surface area contributed by atoms with Crippen molar-refractivity contribution in [2.45, 2.75) is 13.3 Å². The van der Waals surface area contributed by atoms with E-state index in [2.05, 4.69) is 37.5 Å². The molecule has 94 valence electrons. The number of halogens is 2. The zero-order valence-electron chi connectivity index (χ0n) is 9.41. The number of benzene rings is 1. The summed E-state index contributed by atoms with van der Waals surface area (Å²) in [6.07, 6.45) is 0.680. The zero-order valence-corrected chi connectivity index (χ0v) is 13.1. The Kier molecular flexibility index (Phi) is 4.52. The molecule has 0 saturated carbocycles. The Hall–Kier alpha value is -0.730. The van der Waals surface area contributed by atoms with Gasteiger partial charge in [-0.25, -0.2) is 0 Å². The van der Waals surface area contributed by atoms with Crippen molar-refractivity contribution >= 4 is 57.3 Å². The second-order valence-corrected chi connectivity index (χ2v) is 5.89. The number of aryl methyl sites for hydroxylation is 1. The van der Waals surface area contributed by atoms with Crippen LogP contribution < -0.4 is 5.32 Å². The molecule has 0 fully saturated rings. The van der Waals surface area contributed by atoms with Gasteiger partial charge in [0.05, 0.1) is 16.4 Å². The molecule has 0 saturated heterocycles. The summed E-state index contributed by atoms with van der Waals surface area (Å²) >= 11 is 9.29. The average molecular weight is 394 g/mol. The van der Waals surface area contributed by atoms with Gasteiger partial charge in [-0.1, -0.05) is 23.0 Å². The van der Waals surface area contributed by atoms with Crippen LogP contribution in [0.4, 0.5) is 5.69 Å². The van der Waals surface area contributed by atoms with Crippen LogP contribution in [0.15, 0.2) is 18.2 Å². The highest BCUT2D eigenvalue weighted by atomic mass is 127. The SMILES string of the molecule is CCc1nnsc1C(=O)Nc1cc(I)ccc1Cl. The maximum absolute atomic E-state index is 12.1. The van der Waals surface area contributed by atoms with Crippen LogP contribution in [0.2, 0.25) is 5.02 Å². The summed E-state index contributed by atoms with van der Waals surface area (Å²) in [6.45, 7) is 1.94. The van der Waals surface area contributed by atoms with Gasteiger partial charge in [-0.15, -0.1) is 5.10 Å². The summed E-state index contributed by atoms with van der Waals surface area (Å²) in [7, 11) is 0. The van der Waals surface area contributed by atoms with E-state index in [4.69, 9.17) is 11.6 Å². The van der Waals surface area contributed by atoms with Gasteiger partial charge in [-0.3, -0.25) is 4.79 Å². The quantitative estimate of drug-likeness (QED) is 0.811. The Morgan fingerprint density at radius 1 is 1.56 bits per heavy atom. The molecule has 0 aliphatic heterocycles. The van der Waals surface area contributed by atoms with Gasteiger partial charge in [0.2, 0.25) is 0 Å². The second kappa shape index (κ2) is 5.94. The molecule has 0 bridgehead atoms. The van der Waals surface area contributed by atoms with Crippen molar-refractivity contribution in [2.24, 2.45) is 0 Å². The number of amides is 1. The van der Waals surface area contributed by atoms with Gasteiger partial charge in [0.1, 0.15) is 4.88 Å². The maximum atomic E-state index is 12.1. The summed E-state index contributed by atoms with van der Waals surface area (Å²) in [6, 6.07) is 5.45. The van der Waals surface area contributed by atoms with Gasteiger partial charge >= 0.3 is 0 Å². The highest BCUT2D eigenvalue weighted by Gasteiger charge is 2.16. The van der Waals surface area contributed by atoms with Crippen molar-refractivity contribution in [2.75, 3.05) is 5.32 Å². The van der Waals surface area contributed by atoms with E-state index in [9.17, 15) is 4.79 Å². The summed E-state index contributed by atoms with van der Waals surface area (Å²) in [5, 5.41) is 7.21. The monoisotopic (exact) mass is 393 g/mol. The van der Waals surface area contributed by atoms with Gasteiger partial charge in [-0.2, -0.15) is 0 Å². The second-order valence-electron chi connectivity index (χ2n) is 3.48. The summed E-state index contributed by atoms with van der Waals surface area (Å²) in [4.78, 5) is 12.6. The first kappa shape index (κ1) is 13.7. The fourth-order valence-corrected chi connectivity index (χ4v) is 2.69. The van der Waals surface area contributed by atoms with Crippen molar-refractivity contribution in [3.8, 4) is 0 Å². The number of carbonyl (C=O) groups excluding carboxylic acids is 1. The average Bonchev–Trinajstić information content (AvgIpc) is 2.82. The molecule has 1 heterocycles. The third-order valence-electron chi connectivity index (χ3n) is 2.27. The Morgan fingerprint density at radius 2 is 2.33 bits per heavy atom. The number of hydrogen-bond acceptors (Lipinski definition) is 4. The molecule has 1 aromatic heterocycles. The number of nitrogens with one attached hydrogen (secondary N) is 1. The third kappa shape index (κ3) is 2.99. The van der Waals surface area contributed by atoms with Gasteiger partial charge in [0, 0.05) is 3.57 Å². The molecular weight excluding hydrogens is 385 g/mol. The Morgan fingerprint density at radius 3 is 3.06 bits per heavy atom. The molecule has 1 N–H and O–H groups in total. The highest BCUT2D eigenvalue weighted by Crippen LogP contribution is 2.25. The lowest BCUT2D eigenvalue weighted by Gasteiger charge is -2.06. The molecule has 1 aromatic carbocycles. The summed E-state index contributed by atoms with van der Waals surface area (Å²) in [5.74, 6) is -0.217. The Bertz CT molecular complexity index is 587. The molecule has 2 aromatic rings. The zero-order chi connectivity index (χ0) is 13.1. The summed E-state index contributed by atoms with van der Waals surface area (Å²) in [5.41, 5.74) is 1.31. The number of carbonyl (C=O) groups is 1. The fraction of sp³-hybridized carbons (Fsp3) is 0.182. The normalized spacial score (nSPS) is 10.4. The number of nitrogens with zero attached hydrogens (tertiary/aromatic N) is 2. The van der Waals surface area contributed by atoms with Gasteiger partial charge in [0.25, 0.3) is 5.91 Å². The minimum absolute atomic E-state index is 0.217. The van der Waals surface area contributed by atoms with Crippen LogP contribution >= 0.6 is 45.7 Å². The van der Waals surface area contributed by atoms with Crippen LogP contribution in [-0.2, 0) is 6.42 Å². The first-order valence-corrected chi connectivity index (χ1v) is 7.42. The molecule has 4 nitrogen and oxygen atoms in total. The number of anilines is 1. The molecule has 0 aliphatic rings. The molecule has 1 amide bonds. The maximum Gasteiger partial charge on any atom is 0.269 e. The van der Waals surface area contributed by atoms with Crippen LogP contribution in [-0.4, -0.2) is 15.5 Å². The van der Waals surface area contributed by atoms with E-state index in [1.165, 1.54) is 0 Å². The predicted molar refractivity (Wildman–Crippen MR) is 81.4 cm³/mol. The lowest BCUT2D eigenvalue weighted by Crippen LogP contribution is -2.12. The molecule has 0 radical (unpaired) electrons. The van der Waals surface area contributed by atoms with Crippen molar-refractivity contribution in [1.82, 2.24) is 9.59 Å². The lowest BCUT2D eigenvalue weighted by molar-refractivity contribution is 0.102. The van der Waals surface area contributed by atoms with Crippen molar-refractivity contribution in [3.05, 3.63) is 37.4 Å². The molecule has 0 unspecified atom stereocenters. The highest BCUT2D eigenvalue weighted by molar-refractivity contribution is 14.1. The van der Waals surface area contributed by atoms with Gasteiger partial charge in [0.15, 0.2) is 0 Å². The number of hydrogen-bond donors (Lipinski definition) is 1. The Balaban J connectivity index is 2.24. The molecule has 0 aliphatic carbocycles. The molecular formula is C11H9ClIN3OS. The largest absolute Gasteiger partial charge is 0.320 e. The topological polar surface area (TPSA) is 54.9 Å². The van der Waals surface area contributed by atoms with Gasteiger partial charge < -0.3 is 5.32 Å². The molecule has 0 atom stereocenters. The van der Waals surface area contributed by atoms with E-state index >= 15 is 0 Å². The van der Waals surface area contributed by atoms with Crippen LogP contribution in [0.3, 0.4) is 0 Å². The fourth-order valence-electron chi connectivity index (χ4n) is 1.38. The molecule has 7 heteroatoms. The smallest absolute Gasteiger partial charge is 0.269 e. The van der Waals surface area contributed by atoms with E-state index in [0.717, 1.165) is 15.1 Å². The third-order valence-corrected chi connectivity index (χ3v) is 4.04. The van der Waals surface area contributed by atoms with Crippen LogP contribution in [0.1, 0.15) is 22.3 Å². The van der Waals surface area contributed by atoms with Crippen LogP contribution in [0.25, 0.3) is 0 Å². The van der Waals surface area contributed by atoms with E-state index in [1.807, 2.05) is 19.1 Å². The first-order valence-electron chi connectivity index (χ1n) is 5.19. The van der Waals surface area contributed by atoms with E-state index in [0.29, 0.717) is 27.7 Å². The molecule has 18 heavy (non-hydrogen) atoms. The van der Waals surface area contributed by atoms with Gasteiger partial charge in [-0.05, 0) is 58.7 Å². The van der Waals surface area contributed by atoms with Crippen LogP contribution in [0, 0.1) is 3.57 Å². The Labute approximate surface area is 127 Å². The number of rotatable bonds is 3. The van der Waals surface area contributed by atoms with E-state index in [-0.39, 0.29) is 5.91 Å². The minimum atomic E-state index is -0.217. The van der Waals surface area contributed by atoms with E-state index < -0.39 is 0 Å². The predicted octanol–water partition coefficient (Wildman–Crippen LogP) is 3.61. The van der Waals surface area contributed by atoms with Crippen molar-refractivity contribution < 1.29 is 4.79 Å².